The minimum absolute atomic E-state index is 0.333. The van der Waals surface area contributed by atoms with E-state index in [1.807, 2.05) is 6.92 Å². The Morgan fingerprint density at radius 2 is 2.46 bits per heavy atom. The van der Waals surface area contributed by atoms with Crippen LogP contribution in [-0.4, -0.2) is 22.7 Å². The molecule has 2 N–H and O–H groups in total. The first kappa shape index (κ1) is 10.2. The fraction of sp³-hybridized carbons (Fsp3) is 0.667. The van der Waals surface area contributed by atoms with Crippen LogP contribution in [0.2, 0.25) is 0 Å². The molecule has 1 aromatic heterocycles. The summed E-state index contributed by atoms with van der Waals surface area (Å²) in [5, 5.41) is 12.0. The summed E-state index contributed by atoms with van der Waals surface area (Å²) in [4.78, 5) is 4.07. The van der Waals surface area contributed by atoms with Crippen LogP contribution in [0.15, 0.2) is 10.6 Å². The Hall–Kier alpha value is -0.870. The van der Waals surface area contributed by atoms with Crippen LogP contribution < -0.4 is 5.32 Å². The van der Waals surface area contributed by atoms with Gasteiger partial charge in [0.15, 0.2) is 0 Å². The minimum Gasteiger partial charge on any atom is -0.444 e. The van der Waals surface area contributed by atoms with Crippen LogP contribution in [0.3, 0.4) is 0 Å². The molecule has 0 fully saturated rings. The van der Waals surface area contributed by atoms with E-state index in [9.17, 15) is 0 Å². The van der Waals surface area contributed by atoms with E-state index in [0.29, 0.717) is 19.0 Å². The maximum Gasteiger partial charge on any atom is 0.208 e. The van der Waals surface area contributed by atoms with E-state index in [2.05, 4.69) is 10.3 Å². The van der Waals surface area contributed by atoms with Gasteiger partial charge in [-0.1, -0.05) is 6.92 Å². The third-order valence-electron chi connectivity index (χ3n) is 1.67. The highest BCUT2D eigenvalue weighted by Gasteiger charge is 2.01. The van der Waals surface area contributed by atoms with Crippen molar-refractivity contribution in [3.63, 3.8) is 0 Å². The van der Waals surface area contributed by atoms with Gasteiger partial charge in [-0.05, 0) is 6.92 Å². The molecular weight excluding hydrogens is 168 g/mol. The van der Waals surface area contributed by atoms with Crippen molar-refractivity contribution in [1.29, 1.82) is 0 Å². The van der Waals surface area contributed by atoms with E-state index in [1.54, 1.807) is 13.1 Å². The highest BCUT2D eigenvalue weighted by Crippen LogP contribution is 2.03. The van der Waals surface area contributed by atoms with Crippen LogP contribution in [0.25, 0.3) is 0 Å². The molecule has 0 aromatic carbocycles. The first-order valence-corrected chi connectivity index (χ1v) is 4.54. The monoisotopic (exact) mass is 184 g/mol. The molecule has 0 spiro atoms. The van der Waals surface area contributed by atoms with Gasteiger partial charge in [-0.25, -0.2) is 4.98 Å². The van der Waals surface area contributed by atoms with Crippen molar-refractivity contribution in [1.82, 2.24) is 10.3 Å². The van der Waals surface area contributed by atoms with Crippen molar-refractivity contribution < 1.29 is 9.52 Å². The van der Waals surface area contributed by atoms with Crippen molar-refractivity contribution in [2.75, 3.05) is 6.54 Å². The SMILES string of the molecule is CCc1cnc(CNCC(C)O)o1. The summed E-state index contributed by atoms with van der Waals surface area (Å²) in [5.74, 6) is 1.58. The Labute approximate surface area is 78.0 Å². The molecule has 0 aliphatic carbocycles. The fourth-order valence-electron chi connectivity index (χ4n) is 0.981. The molecule has 0 bridgehead atoms. The van der Waals surface area contributed by atoms with Crippen molar-refractivity contribution in [3.8, 4) is 0 Å². The second-order valence-electron chi connectivity index (χ2n) is 3.05. The van der Waals surface area contributed by atoms with Gasteiger partial charge in [0.1, 0.15) is 5.76 Å². The summed E-state index contributed by atoms with van der Waals surface area (Å²) in [6.45, 7) is 4.89. The number of hydrogen-bond donors (Lipinski definition) is 2. The van der Waals surface area contributed by atoms with Crippen molar-refractivity contribution in [2.24, 2.45) is 0 Å². The van der Waals surface area contributed by atoms with Gasteiger partial charge in [-0.15, -0.1) is 0 Å². The Kier molecular flexibility index (Phi) is 3.92. The lowest BCUT2D eigenvalue weighted by atomic mass is 10.4. The van der Waals surface area contributed by atoms with Gasteiger partial charge in [0.2, 0.25) is 5.89 Å². The zero-order valence-electron chi connectivity index (χ0n) is 8.08. The molecule has 4 nitrogen and oxygen atoms in total. The number of nitrogens with one attached hydrogen (secondary N) is 1. The molecule has 0 aliphatic rings. The number of oxazole rings is 1. The standard InChI is InChI=1S/C9H16N2O2/c1-3-8-5-11-9(13-8)6-10-4-7(2)12/h5,7,10,12H,3-4,6H2,1-2H3. The average Bonchev–Trinajstić information content (AvgIpc) is 2.52. The average molecular weight is 184 g/mol. The maximum absolute atomic E-state index is 8.97. The van der Waals surface area contributed by atoms with Crippen LogP contribution >= 0.6 is 0 Å². The zero-order chi connectivity index (χ0) is 9.68. The van der Waals surface area contributed by atoms with Gasteiger partial charge in [-0.3, -0.25) is 0 Å². The Balaban J connectivity index is 2.28. The van der Waals surface area contributed by atoms with Gasteiger partial charge < -0.3 is 14.8 Å². The van der Waals surface area contributed by atoms with E-state index >= 15 is 0 Å². The molecule has 1 atom stereocenters. The van der Waals surface area contributed by atoms with E-state index in [1.165, 1.54) is 0 Å². The number of nitrogens with zero attached hydrogens (tertiary/aromatic N) is 1. The highest BCUT2D eigenvalue weighted by molar-refractivity contribution is 4.93. The predicted molar refractivity (Wildman–Crippen MR) is 49.3 cm³/mol. The molecule has 1 heterocycles. The third kappa shape index (κ3) is 3.57. The molecule has 1 rings (SSSR count). The molecule has 0 aliphatic heterocycles. The summed E-state index contributed by atoms with van der Waals surface area (Å²) in [6, 6.07) is 0. The number of aliphatic hydroxyl groups excluding tert-OH is 1. The number of aliphatic hydroxyl groups is 1. The molecule has 4 heteroatoms. The van der Waals surface area contributed by atoms with Crippen molar-refractivity contribution >= 4 is 0 Å². The van der Waals surface area contributed by atoms with Crippen LogP contribution in [0.4, 0.5) is 0 Å². The van der Waals surface area contributed by atoms with E-state index < -0.39 is 0 Å². The van der Waals surface area contributed by atoms with Crippen LogP contribution in [0, 0.1) is 0 Å². The second kappa shape index (κ2) is 4.99. The third-order valence-corrected chi connectivity index (χ3v) is 1.67. The number of rotatable bonds is 5. The molecule has 0 saturated heterocycles. The minimum atomic E-state index is -0.333. The van der Waals surface area contributed by atoms with E-state index in [0.717, 1.165) is 12.2 Å². The first-order valence-electron chi connectivity index (χ1n) is 4.54. The smallest absolute Gasteiger partial charge is 0.208 e. The maximum atomic E-state index is 8.97. The molecule has 13 heavy (non-hydrogen) atoms. The van der Waals surface area contributed by atoms with Gasteiger partial charge >= 0.3 is 0 Å². The van der Waals surface area contributed by atoms with E-state index in [-0.39, 0.29) is 6.10 Å². The lowest BCUT2D eigenvalue weighted by Gasteiger charge is -2.03. The first-order chi connectivity index (χ1) is 6.22. The summed E-state index contributed by atoms with van der Waals surface area (Å²) in [7, 11) is 0. The molecule has 0 saturated carbocycles. The fourth-order valence-corrected chi connectivity index (χ4v) is 0.981. The molecular formula is C9H16N2O2. The largest absolute Gasteiger partial charge is 0.444 e. The van der Waals surface area contributed by atoms with Crippen molar-refractivity contribution in [3.05, 3.63) is 17.8 Å². The lowest BCUT2D eigenvalue weighted by molar-refractivity contribution is 0.189. The molecule has 1 aromatic rings. The highest BCUT2D eigenvalue weighted by atomic mass is 16.4. The van der Waals surface area contributed by atoms with Crippen LogP contribution in [-0.2, 0) is 13.0 Å². The van der Waals surface area contributed by atoms with Gasteiger partial charge in [-0.2, -0.15) is 0 Å². The zero-order valence-corrected chi connectivity index (χ0v) is 8.08. The summed E-state index contributed by atoms with van der Waals surface area (Å²) in [6.07, 6.45) is 2.27. The molecule has 0 radical (unpaired) electrons. The molecule has 1 unspecified atom stereocenters. The number of aromatic nitrogens is 1. The predicted octanol–water partition coefficient (Wildman–Crippen LogP) is 0.707. The Bertz CT molecular complexity index is 246. The van der Waals surface area contributed by atoms with E-state index in [4.69, 9.17) is 9.52 Å². The van der Waals surface area contributed by atoms with Crippen molar-refractivity contribution in [2.45, 2.75) is 32.9 Å². The number of hydrogen-bond acceptors (Lipinski definition) is 4. The molecule has 0 amide bonds. The quantitative estimate of drug-likeness (QED) is 0.707. The van der Waals surface area contributed by atoms with Crippen LogP contribution in [0.5, 0.6) is 0 Å². The summed E-state index contributed by atoms with van der Waals surface area (Å²) in [5.41, 5.74) is 0. The Morgan fingerprint density at radius 1 is 1.69 bits per heavy atom. The van der Waals surface area contributed by atoms with Crippen LogP contribution in [0.1, 0.15) is 25.5 Å². The van der Waals surface area contributed by atoms with Gasteiger partial charge in [0.05, 0.1) is 18.8 Å². The summed E-state index contributed by atoms with van der Waals surface area (Å²) < 4.78 is 5.36. The topological polar surface area (TPSA) is 58.3 Å². The van der Waals surface area contributed by atoms with Gasteiger partial charge in [0.25, 0.3) is 0 Å². The summed E-state index contributed by atoms with van der Waals surface area (Å²) >= 11 is 0. The number of aryl methyl sites for hydroxylation is 1. The molecule has 74 valence electrons. The second-order valence-corrected chi connectivity index (χ2v) is 3.05. The normalized spacial score (nSPS) is 13.2. The van der Waals surface area contributed by atoms with Gasteiger partial charge in [0, 0.05) is 13.0 Å². The lowest BCUT2D eigenvalue weighted by Crippen LogP contribution is -2.23. The Morgan fingerprint density at radius 3 is 3.00 bits per heavy atom.